The van der Waals surface area contributed by atoms with Gasteiger partial charge in [0, 0.05) is 18.6 Å². The number of rotatable bonds is 8. The average Bonchev–Trinajstić information content (AvgIpc) is 2.49. The molecule has 0 bridgehead atoms. The Hall–Kier alpha value is -3.57. The monoisotopic (exact) mass is 341 g/mol. The molecule has 0 saturated carbocycles. The fraction of sp³-hybridized carbons (Fsp3) is 0.250. The van der Waals surface area contributed by atoms with Crippen molar-refractivity contribution in [3.8, 4) is 0 Å². The van der Waals surface area contributed by atoms with Gasteiger partial charge in [-0.05, 0) is 6.42 Å². The summed E-state index contributed by atoms with van der Waals surface area (Å²) in [5.41, 5.74) is -1.92. The molecule has 12 heteroatoms. The second kappa shape index (κ2) is 7.62. The van der Waals surface area contributed by atoms with Gasteiger partial charge in [0.1, 0.15) is 6.04 Å². The predicted molar refractivity (Wildman–Crippen MR) is 75.5 cm³/mol. The molecule has 0 radical (unpaired) electrons. The third kappa shape index (κ3) is 5.01. The van der Waals surface area contributed by atoms with Crippen molar-refractivity contribution in [3.63, 3.8) is 0 Å². The highest BCUT2D eigenvalue weighted by molar-refractivity contribution is 5.97. The van der Waals surface area contributed by atoms with E-state index in [2.05, 4.69) is 0 Å². The molecule has 24 heavy (non-hydrogen) atoms. The van der Waals surface area contributed by atoms with E-state index in [1.807, 2.05) is 5.32 Å². The zero-order chi connectivity index (χ0) is 18.4. The molecule has 1 aromatic rings. The number of aliphatic carboxylic acids is 2. The molecule has 1 aromatic carbocycles. The van der Waals surface area contributed by atoms with E-state index in [1.54, 1.807) is 0 Å². The maximum Gasteiger partial charge on any atom is 0.326 e. The van der Waals surface area contributed by atoms with Crippen molar-refractivity contribution < 1.29 is 34.4 Å². The van der Waals surface area contributed by atoms with Gasteiger partial charge in [0.05, 0.1) is 21.5 Å². The van der Waals surface area contributed by atoms with Gasteiger partial charge in [-0.25, -0.2) is 4.79 Å². The maximum atomic E-state index is 12.0. The normalized spacial score (nSPS) is 11.3. The van der Waals surface area contributed by atoms with Crippen LogP contribution < -0.4 is 5.32 Å². The molecule has 0 fully saturated rings. The first-order chi connectivity index (χ1) is 11.1. The molecule has 1 atom stereocenters. The summed E-state index contributed by atoms with van der Waals surface area (Å²) in [7, 11) is 0. The second-order valence-electron chi connectivity index (χ2n) is 4.55. The number of carbonyl (C=O) groups excluding carboxylic acids is 1. The number of carboxylic acid groups (broad SMARTS) is 2. The highest BCUT2D eigenvalue weighted by Crippen LogP contribution is 2.22. The van der Waals surface area contributed by atoms with Crippen LogP contribution in [-0.2, 0) is 9.59 Å². The van der Waals surface area contributed by atoms with E-state index < -0.39 is 63.5 Å². The molecule has 1 amide bonds. The van der Waals surface area contributed by atoms with E-state index in [1.165, 1.54) is 0 Å². The van der Waals surface area contributed by atoms with Crippen LogP contribution in [0, 0.1) is 20.2 Å². The van der Waals surface area contributed by atoms with Crippen LogP contribution >= 0.6 is 0 Å². The van der Waals surface area contributed by atoms with Crippen LogP contribution in [0.5, 0.6) is 0 Å². The summed E-state index contributed by atoms with van der Waals surface area (Å²) in [4.78, 5) is 53.1. The Morgan fingerprint density at radius 1 is 1.04 bits per heavy atom. The first-order valence-electron chi connectivity index (χ1n) is 6.31. The van der Waals surface area contributed by atoms with Crippen molar-refractivity contribution in [2.75, 3.05) is 0 Å². The molecule has 0 unspecified atom stereocenters. The van der Waals surface area contributed by atoms with E-state index in [9.17, 15) is 34.6 Å². The van der Waals surface area contributed by atoms with Gasteiger partial charge in [0.2, 0.25) is 0 Å². The van der Waals surface area contributed by atoms with Gasteiger partial charge in [-0.15, -0.1) is 0 Å². The van der Waals surface area contributed by atoms with Gasteiger partial charge < -0.3 is 15.5 Å². The molecule has 0 aliphatic carbocycles. The van der Waals surface area contributed by atoms with Crippen LogP contribution in [0.2, 0.25) is 0 Å². The minimum Gasteiger partial charge on any atom is -0.481 e. The van der Waals surface area contributed by atoms with Crippen LogP contribution in [0.4, 0.5) is 11.4 Å². The number of non-ortho nitro benzene ring substituents is 2. The molecule has 0 heterocycles. The summed E-state index contributed by atoms with van der Waals surface area (Å²) in [5.74, 6) is -3.90. The number of nitro benzene ring substituents is 2. The van der Waals surface area contributed by atoms with E-state index in [0.29, 0.717) is 6.07 Å². The Balaban J connectivity index is 3.08. The van der Waals surface area contributed by atoms with Crippen LogP contribution in [0.3, 0.4) is 0 Å². The number of nitro groups is 2. The van der Waals surface area contributed by atoms with Gasteiger partial charge in [-0.1, -0.05) is 0 Å². The molecular weight excluding hydrogens is 330 g/mol. The molecule has 3 N–H and O–H groups in total. The van der Waals surface area contributed by atoms with Crippen molar-refractivity contribution >= 4 is 29.2 Å². The highest BCUT2D eigenvalue weighted by Gasteiger charge is 2.24. The molecule has 12 nitrogen and oxygen atoms in total. The standard InChI is InChI=1S/C12H11N3O9/c16-10(17)2-1-9(12(19)20)13-11(18)6-3-7(14(21)22)5-8(4-6)15(23)24/h3-5,9H,1-2H2,(H,13,18)(H,16,17)(H,19,20)/t9-/m0/s1. The Kier molecular flexibility index (Phi) is 5.87. The largest absolute Gasteiger partial charge is 0.481 e. The predicted octanol–water partition coefficient (Wildman–Crippen LogP) is 0.551. The van der Waals surface area contributed by atoms with E-state index in [0.717, 1.165) is 12.1 Å². The Morgan fingerprint density at radius 3 is 1.92 bits per heavy atom. The van der Waals surface area contributed by atoms with E-state index >= 15 is 0 Å². The van der Waals surface area contributed by atoms with E-state index in [4.69, 9.17) is 10.2 Å². The lowest BCUT2D eigenvalue weighted by Gasteiger charge is -2.13. The summed E-state index contributed by atoms with van der Waals surface area (Å²) < 4.78 is 0. The van der Waals surface area contributed by atoms with Crippen molar-refractivity contribution in [2.45, 2.75) is 18.9 Å². The van der Waals surface area contributed by atoms with Gasteiger partial charge in [0.25, 0.3) is 17.3 Å². The molecular formula is C12H11N3O9. The lowest BCUT2D eigenvalue weighted by molar-refractivity contribution is -0.394. The van der Waals surface area contributed by atoms with Crippen LogP contribution in [0.25, 0.3) is 0 Å². The summed E-state index contributed by atoms with van der Waals surface area (Å²) in [5, 5.41) is 41.0. The fourth-order valence-electron chi connectivity index (χ4n) is 1.70. The number of amides is 1. The van der Waals surface area contributed by atoms with Gasteiger partial charge in [-0.2, -0.15) is 0 Å². The van der Waals surface area contributed by atoms with Crippen molar-refractivity contribution in [3.05, 3.63) is 44.0 Å². The van der Waals surface area contributed by atoms with Crippen LogP contribution in [0.1, 0.15) is 23.2 Å². The quantitative estimate of drug-likeness (QED) is 0.447. The van der Waals surface area contributed by atoms with Gasteiger partial charge in [0.15, 0.2) is 0 Å². The molecule has 1 rings (SSSR count). The fourth-order valence-corrected chi connectivity index (χ4v) is 1.70. The van der Waals surface area contributed by atoms with Gasteiger partial charge in [-0.3, -0.25) is 29.8 Å². The second-order valence-corrected chi connectivity index (χ2v) is 4.55. The molecule has 0 aliphatic heterocycles. The van der Waals surface area contributed by atoms with E-state index in [-0.39, 0.29) is 0 Å². The van der Waals surface area contributed by atoms with Crippen LogP contribution in [0.15, 0.2) is 18.2 Å². The third-order valence-electron chi connectivity index (χ3n) is 2.84. The average molecular weight is 341 g/mol. The number of hydrogen-bond acceptors (Lipinski definition) is 7. The zero-order valence-electron chi connectivity index (χ0n) is 11.9. The number of carboxylic acids is 2. The van der Waals surface area contributed by atoms with Crippen molar-refractivity contribution in [1.29, 1.82) is 0 Å². The van der Waals surface area contributed by atoms with Gasteiger partial charge >= 0.3 is 11.9 Å². The number of nitrogens with one attached hydrogen (secondary N) is 1. The Bertz CT molecular complexity index is 683. The zero-order valence-corrected chi connectivity index (χ0v) is 11.9. The third-order valence-corrected chi connectivity index (χ3v) is 2.84. The van der Waals surface area contributed by atoms with Crippen molar-refractivity contribution in [2.24, 2.45) is 0 Å². The number of benzene rings is 1. The number of hydrogen-bond donors (Lipinski definition) is 3. The number of nitrogens with zero attached hydrogens (tertiary/aromatic N) is 2. The van der Waals surface area contributed by atoms with Crippen molar-refractivity contribution in [1.82, 2.24) is 5.32 Å². The molecule has 128 valence electrons. The molecule has 0 saturated heterocycles. The lowest BCUT2D eigenvalue weighted by Crippen LogP contribution is -2.41. The smallest absolute Gasteiger partial charge is 0.326 e. The minimum absolute atomic E-state index is 0.423. The number of carbonyl (C=O) groups is 3. The molecule has 0 spiro atoms. The molecule has 0 aromatic heterocycles. The topological polar surface area (TPSA) is 190 Å². The summed E-state index contributed by atoms with van der Waals surface area (Å²) in [6.07, 6.45) is -0.959. The SMILES string of the molecule is O=C(O)CC[C@H](NC(=O)c1cc([N+](=O)[O-])cc([N+](=O)[O-])c1)C(=O)O. The first kappa shape index (κ1) is 18.5. The van der Waals surface area contributed by atoms with Crippen LogP contribution in [-0.4, -0.2) is 43.9 Å². The summed E-state index contributed by atoms with van der Waals surface area (Å²) in [6.45, 7) is 0. The lowest BCUT2D eigenvalue weighted by atomic mass is 10.1. The Labute approximate surface area is 133 Å². The minimum atomic E-state index is -1.56. The maximum absolute atomic E-state index is 12.0. The summed E-state index contributed by atoms with van der Waals surface area (Å²) >= 11 is 0. The highest BCUT2D eigenvalue weighted by atomic mass is 16.6. The summed E-state index contributed by atoms with van der Waals surface area (Å²) in [6, 6.07) is 0.583. The molecule has 0 aliphatic rings. The first-order valence-corrected chi connectivity index (χ1v) is 6.31. The Morgan fingerprint density at radius 2 is 1.54 bits per heavy atom.